The highest BCUT2D eigenvalue weighted by Crippen LogP contribution is 2.24. The molecule has 1 aliphatic rings. The molecule has 1 fully saturated rings. The number of aromatic nitrogens is 2. The van der Waals surface area contributed by atoms with E-state index in [0.717, 1.165) is 19.4 Å². The summed E-state index contributed by atoms with van der Waals surface area (Å²) >= 11 is 0. The molecule has 1 saturated heterocycles. The van der Waals surface area contributed by atoms with Gasteiger partial charge in [0.25, 0.3) is 0 Å². The number of methoxy groups -OCH3 is 1. The Hall–Kier alpha value is -0.980. The largest absolute Gasteiger partial charge is 0.385 e. The summed E-state index contributed by atoms with van der Waals surface area (Å²) in [7, 11) is 1.64. The van der Waals surface area contributed by atoms with Gasteiger partial charge in [0, 0.05) is 26.2 Å². The maximum atomic E-state index is 5.92. The molecule has 2 heterocycles. The summed E-state index contributed by atoms with van der Waals surface area (Å²) in [6.07, 6.45) is 2.77. The highest BCUT2D eigenvalue weighted by Gasteiger charge is 2.23. The van der Waals surface area contributed by atoms with Crippen LogP contribution in [-0.4, -0.2) is 37.1 Å². The van der Waals surface area contributed by atoms with Crippen molar-refractivity contribution < 1.29 is 14.0 Å². The van der Waals surface area contributed by atoms with Gasteiger partial charge >= 0.3 is 0 Å². The summed E-state index contributed by atoms with van der Waals surface area (Å²) < 4.78 is 15.5. The standard InChI is InChI=1S/C11H19N3O3/c1-15-6-4-9(12)11-13-10(14-17-11)8-3-2-5-16-7-8/h8-9H,2-7,12H2,1H3. The third kappa shape index (κ3) is 3.24. The van der Waals surface area contributed by atoms with Crippen LogP contribution < -0.4 is 5.73 Å². The molecule has 1 aromatic heterocycles. The molecule has 1 aromatic rings. The molecule has 0 spiro atoms. The van der Waals surface area contributed by atoms with E-state index in [2.05, 4.69) is 10.1 Å². The Morgan fingerprint density at radius 2 is 2.47 bits per heavy atom. The molecule has 0 saturated carbocycles. The zero-order valence-electron chi connectivity index (χ0n) is 10.1. The summed E-state index contributed by atoms with van der Waals surface area (Å²) in [6.45, 7) is 2.09. The van der Waals surface area contributed by atoms with Crippen molar-refractivity contribution in [3.63, 3.8) is 0 Å². The van der Waals surface area contributed by atoms with Crippen LogP contribution in [0.15, 0.2) is 4.52 Å². The van der Waals surface area contributed by atoms with Crippen LogP contribution in [-0.2, 0) is 9.47 Å². The van der Waals surface area contributed by atoms with Crippen molar-refractivity contribution >= 4 is 0 Å². The molecular formula is C11H19N3O3. The van der Waals surface area contributed by atoms with E-state index in [9.17, 15) is 0 Å². The molecule has 0 aliphatic carbocycles. The van der Waals surface area contributed by atoms with E-state index in [1.165, 1.54) is 0 Å². The molecule has 2 unspecified atom stereocenters. The van der Waals surface area contributed by atoms with Crippen molar-refractivity contribution in [2.45, 2.75) is 31.2 Å². The highest BCUT2D eigenvalue weighted by atomic mass is 16.5. The molecule has 0 aromatic carbocycles. The summed E-state index contributed by atoms with van der Waals surface area (Å²) in [5.41, 5.74) is 5.92. The van der Waals surface area contributed by atoms with E-state index in [-0.39, 0.29) is 12.0 Å². The van der Waals surface area contributed by atoms with E-state index in [0.29, 0.717) is 31.3 Å². The van der Waals surface area contributed by atoms with Gasteiger partial charge in [-0.05, 0) is 19.3 Å². The normalized spacial score (nSPS) is 22.6. The smallest absolute Gasteiger partial charge is 0.243 e. The lowest BCUT2D eigenvalue weighted by Gasteiger charge is -2.18. The van der Waals surface area contributed by atoms with E-state index in [1.54, 1.807) is 7.11 Å². The van der Waals surface area contributed by atoms with Crippen LogP contribution in [0.3, 0.4) is 0 Å². The molecular weight excluding hydrogens is 222 g/mol. The summed E-state index contributed by atoms with van der Waals surface area (Å²) in [5.74, 6) is 1.45. The monoisotopic (exact) mass is 241 g/mol. The van der Waals surface area contributed by atoms with Crippen molar-refractivity contribution in [2.24, 2.45) is 5.73 Å². The SMILES string of the molecule is COCCC(N)c1nc(C2CCCOC2)no1. The number of hydrogen-bond acceptors (Lipinski definition) is 6. The predicted octanol–water partition coefficient (Wildman–Crippen LogP) is 1.000. The fourth-order valence-corrected chi connectivity index (χ4v) is 1.88. The van der Waals surface area contributed by atoms with Crippen LogP contribution in [0.4, 0.5) is 0 Å². The maximum absolute atomic E-state index is 5.92. The van der Waals surface area contributed by atoms with Gasteiger partial charge in [-0.25, -0.2) is 0 Å². The first kappa shape index (κ1) is 12.5. The second-order valence-corrected chi connectivity index (χ2v) is 4.29. The van der Waals surface area contributed by atoms with Crippen LogP contribution in [0.5, 0.6) is 0 Å². The van der Waals surface area contributed by atoms with Gasteiger partial charge in [0.15, 0.2) is 5.82 Å². The Kier molecular flexibility index (Phi) is 4.47. The molecule has 6 heteroatoms. The first-order valence-electron chi connectivity index (χ1n) is 5.97. The highest BCUT2D eigenvalue weighted by molar-refractivity contribution is 4.99. The molecule has 2 atom stereocenters. The lowest BCUT2D eigenvalue weighted by Crippen LogP contribution is -2.17. The van der Waals surface area contributed by atoms with Crippen molar-refractivity contribution in [2.75, 3.05) is 26.9 Å². The fourth-order valence-electron chi connectivity index (χ4n) is 1.88. The number of rotatable bonds is 5. The van der Waals surface area contributed by atoms with Gasteiger partial charge < -0.3 is 19.7 Å². The lowest BCUT2D eigenvalue weighted by atomic mass is 10.0. The predicted molar refractivity (Wildman–Crippen MR) is 60.5 cm³/mol. The van der Waals surface area contributed by atoms with Crippen molar-refractivity contribution in [3.8, 4) is 0 Å². The third-order valence-corrected chi connectivity index (χ3v) is 2.93. The Balaban J connectivity index is 1.94. The number of nitrogens with two attached hydrogens (primary N) is 1. The summed E-state index contributed by atoms with van der Waals surface area (Å²) in [5, 5.41) is 3.98. The van der Waals surface area contributed by atoms with Gasteiger partial charge in [0.1, 0.15) is 0 Å². The van der Waals surface area contributed by atoms with Crippen LogP contribution >= 0.6 is 0 Å². The fraction of sp³-hybridized carbons (Fsp3) is 0.818. The summed E-state index contributed by atoms with van der Waals surface area (Å²) in [4.78, 5) is 4.35. The number of nitrogens with zero attached hydrogens (tertiary/aromatic N) is 2. The topological polar surface area (TPSA) is 83.4 Å². The van der Waals surface area contributed by atoms with Crippen molar-refractivity contribution in [1.29, 1.82) is 0 Å². The number of ether oxygens (including phenoxy) is 2. The van der Waals surface area contributed by atoms with E-state index in [4.69, 9.17) is 19.7 Å². The van der Waals surface area contributed by atoms with Crippen LogP contribution in [0.25, 0.3) is 0 Å². The molecule has 96 valence electrons. The van der Waals surface area contributed by atoms with Crippen LogP contribution in [0.1, 0.15) is 42.9 Å². The molecule has 1 aliphatic heterocycles. The molecule has 0 amide bonds. The second kappa shape index (κ2) is 6.09. The zero-order chi connectivity index (χ0) is 12.1. The van der Waals surface area contributed by atoms with Gasteiger partial charge in [-0.1, -0.05) is 5.16 Å². The van der Waals surface area contributed by atoms with Gasteiger partial charge in [-0.3, -0.25) is 0 Å². The van der Waals surface area contributed by atoms with Crippen molar-refractivity contribution in [3.05, 3.63) is 11.7 Å². The molecule has 17 heavy (non-hydrogen) atoms. The van der Waals surface area contributed by atoms with E-state index < -0.39 is 0 Å². The Labute approximate surface area is 100 Å². The lowest BCUT2D eigenvalue weighted by molar-refractivity contribution is 0.0773. The van der Waals surface area contributed by atoms with Gasteiger partial charge in [-0.15, -0.1) is 0 Å². The molecule has 6 nitrogen and oxygen atoms in total. The zero-order valence-corrected chi connectivity index (χ0v) is 10.1. The van der Waals surface area contributed by atoms with Gasteiger partial charge in [0.2, 0.25) is 5.89 Å². The van der Waals surface area contributed by atoms with Gasteiger partial charge in [-0.2, -0.15) is 4.98 Å². The summed E-state index contributed by atoms with van der Waals surface area (Å²) in [6, 6.07) is -0.249. The minimum absolute atomic E-state index is 0.246. The van der Waals surface area contributed by atoms with Crippen LogP contribution in [0, 0.1) is 0 Å². The minimum atomic E-state index is -0.249. The maximum Gasteiger partial charge on any atom is 0.243 e. The Morgan fingerprint density at radius 3 is 3.18 bits per heavy atom. The van der Waals surface area contributed by atoms with E-state index in [1.807, 2.05) is 0 Å². The average molecular weight is 241 g/mol. The molecule has 0 bridgehead atoms. The third-order valence-electron chi connectivity index (χ3n) is 2.93. The van der Waals surface area contributed by atoms with Gasteiger partial charge in [0.05, 0.1) is 12.6 Å². The van der Waals surface area contributed by atoms with Crippen LogP contribution in [0.2, 0.25) is 0 Å². The quantitative estimate of drug-likeness (QED) is 0.828. The van der Waals surface area contributed by atoms with Crippen molar-refractivity contribution in [1.82, 2.24) is 10.1 Å². The van der Waals surface area contributed by atoms with E-state index >= 15 is 0 Å². The number of hydrogen-bond donors (Lipinski definition) is 1. The first-order valence-corrected chi connectivity index (χ1v) is 5.97. The molecule has 0 radical (unpaired) electrons. The Morgan fingerprint density at radius 1 is 1.59 bits per heavy atom. The molecule has 2 rings (SSSR count). The second-order valence-electron chi connectivity index (χ2n) is 4.29. The molecule has 2 N–H and O–H groups in total. The average Bonchev–Trinajstić information content (AvgIpc) is 2.86. The Bertz CT molecular complexity index is 336. The minimum Gasteiger partial charge on any atom is -0.385 e. The first-order chi connectivity index (χ1) is 8.31.